The van der Waals surface area contributed by atoms with Crippen molar-refractivity contribution in [2.75, 3.05) is 0 Å². The summed E-state index contributed by atoms with van der Waals surface area (Å²) in [5, 5.41) is 0. The fraction of sp³-hybridized carbons (Fsp3) is 0.231. The Morgan fingerprint density at radius 3 is 2.44 bits per heavy atom. The van der Waals surface area contributed by atoms with Gasteiger partial charge in [0.1, 0.15) is 5.76 Å². The first kappa shape index (κ1) is 11.4. The Kier molecular flexibility index (Phi) is 3.46. The molecule has 2 rings (SSSR count). The van der Waals surface area contributed by atoms with Crippen molar-refractivity contribution in [2.45, 2.75) is 19.4 Å². The van der Waals surface area contributed by atoms with Gasteiger partial charge in [-0.15, -0.1) is 0 Å². The molecule has 0 aliphatic rings. The van der Waals surface area contributed by atoms with Gasteiger partial charge in [-0.2, -0.15) is 0 Å². The average molecular weight is 280 g/mol. The summed E-state index contributed by atoms with van der Waals surface area (Å²) in [6, 6.07) is 9.96. The van der Waals surface area contributed by atoms with Crippen molar-refractivity contribution in [3.05, 3.63) is 58.0 Å². The maximum absolute atomic E-state index is 6.13. The van der Waals surface area contributed by atoms with E-state index in [2.05, 4.69) is 47.1 Å². The minimum absolute atomic E-state index is 0.213. The molecule has 84 valence electrons. The van der Waals surface area contributed by atoms with E-state index in [1.807, 2.05) is 6.07 Å². The first-order valence-corrected chi connectivity index (χ1v) is 6.09. The molecule has 0 aliphatic heterocycles. The third-order valence-electron chi connectivity index (χ3n) is 2.67. The van der Waals surface area contributed by atoms with E-state index in [-0.39, 0.29) is 6.04 Å². The lowest BCUT2D eigenvalue weighted by molar-refractivity contribution is 0.487. The molecule has 0 aliphatic carbocycles. The van der Waals surface area contributed by atoms with Crippen molar-refractivity contribution in [3.63, 3.8) is 0 Å². The maximum atomic E-state index is 6.13. The van der Waals surface area contributed by atoms with Crippen molar-refractivity contribution < 1.29 is 4.42 Å². The molecule has 2 aromatic rings. The smallest absolute Gasteiger partial charge is 0.139 e. The van der Waals surface area contributed by atoms with Crippen molar-refractivity contribution in [1.29, 1.82) is 0 Å². The standard InChI is InChI=1S/C13H14BrNO/c1-2-9-3-5-10(6-4-9)12(15)13-11(14)7-8-16-13/h3-8,12H,2,15H2,1H3. The number of halogens is 1. The summed E-state index contributed by atoms with van der Waals surface area (Å²) in [5.41, 5.74) is 8.51. The number of nitrogens with two attached hydrogens (primary N) is 1. The van der Waals surface area contributed by atoms with Gasteiger partial charge in [0.2, 0.25) is 0 Å². The van der Waals surface area contributed by atoms with E-state index in [0.717, 1.165) is 22.2 Å². The highest BCUT2D eigenvalue weighted by Crippen LogP contribution is 2.27. The van der Waals surface area contributed by atoms with E-state index >= 15 is 0 Å². The van der Waals surface area contributed by atoms with Gasteiger partial charge in [-0.3, -0.25) is 0 Å². The van der Waals surface area contributed by atoms with Gasteiger partial charge in [-0.05, 0) is 39.5 Å². The van der Waals surface area contributed by atoms with Gasteiger partial charge in [-0.1, -0.05) is 31.2 Å². The second-order valence-corrected chi connectivity index (χ2v) is 4.56. The van der Waals surface area contributed by atoms with Crippen LogP contribution in [0.25, 0.3) is 0 Å². The van der Waals surface area contributed by atoms with Gasteiger partial charge in [-0.25, -0.2) is 0 Å². The van der Waals surface area contributed by atoms with E-state index < -0.39 is 0 Å². The Morgan fingerprint density at radius 2 is 1.94 bits per heavy atom. The Hall–Kier alpha value is -1.06. The zero-order valence-electron chi connectivity index (χ0n) is 9.11. The summed E-state index contributed by atoms with van der Waals surface area (Å²) in [5.74, 6) is 0.768. The molecule has 16 heavy (non-hydrogen) atoms. The maximum Gasteiger partial charge on any atom is 0.139 e. The lowest BCUT2D eigenvalue weighted by Crippen LogP contribution is -2.11. The third kappa shape index (κ3) is 2.20. The molecule has 2 nitrogen and oxygen atoms in total. The minimum atomic E-state index is -0.213. The Morgan fingerprint density at radius 1 is 1.25 bits per heavy atom. The number of hydrogen-bond donors (Lipinski definition) is 1. The molecule has 1 unspecified atom stereocenters. The molecule has 1 heterocycles. The number of benzene rings is 1. The van der Waals surface area contributed by atoms with Crippen LogP contribution in [0.1, 0.15) is 29.9 Å². The van der Waals surface area contributed by atoms with Crippen LogP contribution < -0.4 is 5.73 Å². The van der Waals surface area contributed by atoms with Crippen LogP contribution in [0.3, 0.4) is 0 Å². The molecule has 0 amide bonds. The average Bonchev–Trinajstić information content (AvgIpc) is 2.75. The highest BCUT2D eigenvalue weighted by Gasteiger charge is 2.15. The summed E-state index contributed by atoms with van der Waals surface area (Å²) in [7, 11) is 0. The van der Waals surface area contributed by atoms with Gasteiger partial charge in [0.15, 0.2) is 0 Å². The summed E-state index contributed by atoms with van der Waals surface area (Å²) in [4.78, 5) is 0. The van der Waals surface area contributed by atoms with Crippen LogP contribution in [0, 0.1) is 0 Å². The summed E-state index contributed by atoms with van der Waals surface area (Å²) >= 11 is 3.42. The molecule has 0 spiro atoms. The van der Waals surface area contributed by atoms with Gasteiger partial charge >= 0.3 is 0 Å². The monoisotopic (exact) mass is 279 g/mol. The fourth-order valence-corrected chi connectivity index (χ4v) is 2.09. The van der Waals surface area contributed by atoms with Crippen LogP contribution in [0.4, 0.5) is 0 Å². The van der Waals surface area contributed by atoms with Gasteiger partial charge in [0.05, 0.1) is 16.8 Å². The second kappa shape index (κ2) is 4.85. The predicted octanol–water partition coefficient (Wildman–Crippen LogP) is 3.65. The van der Waals surface area contributed by atoms with Crippen molar-refractivity contribution >= 4 is 15.9 Å². The SMILES string of the molecule is CCc1ccc(C(N)c2occc2Br)cc1. The molecule has 3 heteroatoms. The lowest BCUT2D eigenvalue weighted by Gasteiger charge is -2.10. The van der Waals surface area contributed by atoms with E-state index in [4.69, 9.17) is 10.2 Å². The van der Waals surface area contributed by atoms with E-state index in [0.29, 0.717) is 0 Å². The third-order valence-corrected chi connectivity index (χ3v) is 3.33. The molecule has 1 aromatic carbocycles. The molecule has 0 fully saturated rings. The fourth-order valence-electron chi connectivity index (χ4n) is 1.64. The highest BCUT2D eigenvalue weighted by atomic mass is 79.9. The molecule has 2 N–H and O–H groups in total. The Labute approximate surface area is 104 Å². The molecular formula is C13H14BrNO. The highest BCUT2D eigenvalue weighted by molar-refractivity contribution is 9.10. The zero-order valence-corrected chi connectivity index (χ0v) is 10.7. The largest absolute Gasteiger partial charge is 0.466 e. The number of hydrogen-bond acceptors (Lipinski definition) is 2. The topological polar surface area (TPSA) is 39.2 Å². The van der Waals surface area contributed by atoms with Gasteiger partial charge < -0.3 is 10.2 Å². The number of furan rings is 1. The normalized spacial score (nSPS) is 12.7. The second-order valence-electron chi connectivity index (χ2n) is 3.71. The molecule has 1 aromatic heterocycles. The first-order valence-electron chi connectivity index (χ1n) is 5.29. The van der Waals surface area contributed by atoms with Crippen molar-refractivity contribution in [2.24, 2.45) is 5.73 Å². The summed E-state index contributed by atoms with van der Waals surface area (Å²) < 4.78 is 6.28. The minimum Gasteiger partial charge on any atom is -0.466 e. The van der Waals surface area contributed by atoms with Crippen LogP contribution in [0.15, 0.2) is 45.5 Å². The quantitative estimate of drug-likeness (QED) is 0.932. The van der Waals surface area contributed by atoms with Crippen LogP contribution in [-0.2, 0) is 6.42 Å². The van der Waals surface area contributed by atoms with Crippen LogP contribution >= 0.6 is 15.9 Å². The van der Waals surface area contributed by atoms with E-state index in [1.54, 1.807) is 6.26 Å². The van der Waals surface area contributed by atoms with E-state index in [1.165, 1.54) is 5.56 Å². The number of aryl methyl sites for hydroxylation is 1. The van der Waals surface area contributed by atoms with Crippen LogP contribution in [-0.4, -0.2) is 0 Å². The molecular weight excluding hydrogens is 266 g/mol. The predicted molar refractivity (Wildman–Crippen MR) is 68.3 cm³/mol. The van der Waals surface area contributed by atoms with Gasteiger partial charge in [0.25, 0.3) is 0 Å². The molecule has 0 radical (unpaired) electrons. The van der Waals surface area contributed by atoms with Crippen molar-refractivity contribution in [3.8, 4) is 0 Å². The van der Waals surface area contributed by atoms with Crippen molar-refractivity contribution in [1.82, 2.24) is 0 Å². The Bertz CT molecular complexity index is 461. The van der Waals surface area contributed by atoms with E-state index in [9.17, 15) is 0 Å². The van der Waals surface area contributed by atoms with Crippen LogP contribution in [0.5, 0.6) is 0 Å². The molecule has 0 saturated carbocycles. The van der Waals surface area contributed by atoms with Gasteiger partial charge in [0, 0.05) is 0 Å². The zero-order chi connectivity index (χ0) is 11.5. The Balaban J connectivity index is 2.27. The lowest BCUT2D eigenvalue weighted by atomic mass is 10.0. The molecule has 0 saturated heterocycles. The number of rotatable bonds is 3. The van der Waals surface area contributed by atoms with Crippen LogP contribution in [0.2, 0.25) is 0 Å². The molecule has 0 bridgehead atoms. The molecule has 1 atom stereocenters. The summed E-state index contributed by atoms with van der Waals surface area (Å²) in [6.45, 7) is 2.14. The summed E-state index contributed by atoms with van der Waals surface area (Å²) in [6.07, 6.45) is 2.68. The first-order chi connectivity index (χ1) is 7.72.